The molecule has 0 unspecified atom stereocenters. The molecule has 0 fully saturated rings. The number of nitriles is 1. The topological polar surface area (TPSA) is 64.9 Å². The summed E-state index contributed by atoms with van der Waals surface area (Å²) in [6, 6.07) is 22.7. The Labute approximate surface area is 157 Å². The van der Waals surface area contributed by atoms with Crippen LogP contribution in [0.5, 0.6) is 0 Å². The zero-order valence-corrected chi connectivity index (χ0v) is 15.2. The summed E-state index contributed by atoms with van der Waals surface area (Å²) in [5.41, 5.74) is 2.08. The molecule has 0 aliphatic rings. The second kappa shape index (κ2) is 8.43. The third-order valence-corrected chi connectivity index (χ3v) is 5.01. The SMILES string of the molecule is C[C@H](N[C@@H](c1ccccc1)c1cccs1)C(=O)Nc1ccccc1C#N. The van der Waals surface area contributed by atoms with Crippen molar-refractivity contribution in [3.8, 4) is 6.07 Å². The molecule has 4 nitrogen and oxygen atoms in total. The number of carbonyl (C=O) groups excluding carboxylic acids is 1. The van der Waals surface area contributed by atoms with E-state index < -0.39 is 6.04 Å². The number of hydrogen-bond donors (Lipinski definition) is 2. The Kier molecular flexibility index (Phi) is 5.80. The zero-order valence-electron chi connectivity index (χ0n) is 14.3. The van der Waals surface area contributed by atoms with Gasteiger partial charge in [-0.2, -0.15) is 5.26 Å². The minimum absolute atomic E-state index is 0.0665. The van der Waals surface area contributed by atoms with Crippen LogP contribution >= 0.6 is 11.3 Å². The summed E-state index contributed by atoms with van der Waals surface area (Å²) in [5, 5.41) is 17.5. The monoisotopic (exact) mass is 361 g/mol. The Morgan fingerprint density at radius 1 is 1.04 bits per heavy atom. The normalized spacial score (nSPS) is 12.8. The minimum atomic E-state index is -0.436. The van der Waals surface area contributed by atoms with Crippen LogP contribution in [0.3, 0.4) is 0 Å². The quantitative estimate of drug-likeness (QED) is 0.687. The minimum Gasteiger partial charge on any atom is -0.324 e. The van der Waals surface area contributed by atoms with Crippen LogP contribution in [-0.4, -0.2) is 11.9 Å². The van der Waals surface area contributed by atoms with Gasteiger partial charge in [0.15, 0.2) is 0 Å². The lowest BCUT2D eigenvalue weighted by atomic mass is 10.0. The summed E-state index contributed by atoms with van der Waals surface area (Å²) >= 11 is 1.65. The molecular formula is C21H19N3OS. The van der Waals surface area contributed by atoms with Gasteiger partial charge in [0.25, 0.3) is 0 Å². The van der Waals surface area contributed by atoms with Crippen molar-refractivity contribution in [3.63, 3.8) is 0 Å². The first-order valence-corrected chi connectivity index (χ1v) is 9.21. The zero-order chi connectivity index (χ0) is 18.4. The fourth-order valence-electron chi connectivity index (χ4n) is 2.70. The molecule has 2 atom stereocenters. The van der Waals surface area contributed by atoms with E-state index in [1.165, 1.54) is 0 Å². The Morgan fingerprint density at radius 3 is 2.46 bits per heavy atom. The third kappa shape index (κ3) is 4.17. The first-order chi connectivity index (χ1) is 12.7. The number of anilines is 1. The number of para-hydroxylation sites is 1. The fourth-order valence-corrected chi connectivity index (χ4v) is 3.51. The molecule has 0 saturated carbocycles. The first kappa shape index (κ1) is 17.9. The summed E-state index contributed by atoms with van der Waals surface area (Å²) in [6.45, 7) is 1.83. The summed E-state index contributed by atoms with van der Waals surface area (Å²) in [4.78, 5) is 13.8. The maximum atomic E-state index is 12.6. The average molecular weight is 361 g/mol. The van der Waals surface area contributed by atoms with Gasteiger partial charge in [-0.1, -0.05) is 48.5 Å². The molecule has 2 N–H and O–H groups in total. The van der Waals surface area contributed by atoms with Gasteiger partial charge in [0.05, 0.1) is 23.3 Å². The summed E-state index contributed by atoms with van der Waals surface area (Å²) in [5.74, 6) is -0.176. The van der Waals surface area contributed by atoms with Crippen molar-refractivity contribution >= 4 is 22.9 Å². The molecular weight excluding hydrogens is 342 g/mol. The standard InChI is InChI=1S/C21H19N3OS/c1-15(21(25)24-18-11-6-5-10-17(18)14-22)23-20(19-12-7-13-26-19)16-8-3-2-4-9-16/h2-13,15,20,23H,1H3,(H,24,25)/t15-,20-/m0/s1. The van der Waals surface area contributed by atoms with Crippen LogP contribution in [0.15, 0.2) is 72.1 Å². The molecule has 3 aromatic rings. The summed E-state index contributed by atoms with van der Waals surface area (Å²) in [7, 11) is 0. The van der Waals surface area contributed by atoms with Crippen LogP contribution < -0.4 is 10.6 Å². The predicted octanol–water partition coefficient (Wildman–Crippen LogP) is 4.33. The third-order valence-electron chi connectivity index (χ3n) is 4.08. The van der Waals surface area contributed by atoms with Crippen LogP contribution in [0, 0.1) is 11.3 Å². The number of nitrogens with one attached hydrogen (secondary N) is 2. The lowest BCUT2D eigenvalue weighted by Crippen LogP contribution is -2.40. The highest BCUT2D eigenvalue weighted by Gasteiger charge is 2.22. The molecule has 0 radical (unpaired) electrons. The van der Waals surface area contributed by atoms with E-state index in [0.717, 1.165) is 10.4 Å². The number of amides is 1. The Bertz CT molecular complexity index is 901. The van der Waals surface area contributed by atoms with Gasteiger partial charge in [-0.3, -0.25) is 10.1 Å². The molecule has 1 aromatic heterocycles. The molecule has 3 rings (SSSR count). The number of hydrogen-bond acceptors (Lipinski definition) is 4. The molecule has 130 valence electrons. The Hall–Kier alpha value is -2.94. The Balaban J connectivity index is 1.77. The molecule has 0 spiro atoms. The first-order valence-electron chi connectivity index (χ1n) is 8.33. The predicted molar refractivity (Wildman–Crippen MR) is 105 cm³/mol. The van der Waals surface area contributed by atoms with Gasteiger partial charge in [0.2, 0.25) is 5.91 Å². The van der Waals surface area contributed by atoms with Crippen molar-refractivity contribution in [3.05, 3.63) is 88.1 Å². The van der Waals surface area contributed by atoms with Gasteiger partial charge in [-0.25, -0.2) is 0 Å². The van der Waals surface area contributed by atoms with Gasteiger partial charge in [0.1, 0.15) is 6.07 Å². The molecule has 0 saturated heterocycles. The molecule has 0 aliphatic carbocycles. The highest BCUT2D eigenvalue weighted by molar-refractivity contribution is 7.10. The van der Waals surface area contributed by atoms with Crippen LogP contribution in [0.2, 0.25) is 0 Å². The van der Waals surface area contributed by atoms with E-state index >= 15 is 0 Å². The molecule has 1 amide bonds. The summed E-state index contributed by atoms with van der Waals surface area (Å²) < 4.78 is 0. The smallest absolute Gasteiger partial charge is 0.241 e. The average Bonchev–Trinajstić information content (AvgIpc) is 3.21. The van der Waals surface area contributed by atoms with Crippen molar-refractivity contribution in [1.29, 1.82) is 5.26 Å². The maximum Gasteiger partial charge on any atom is 0.241 e. The Morgan fingerprint density at radius 2 is 1.77 bits per heavy atom. The summed E-state index contributed by atoms with van der Waals surface area (Å²) in [6.07, 6.45) is 0. The molecule has 26 heavy (non-hydrogen) atoms. The lowest BCUT2D eigenvalue weighted by Gasteiger charge is -2.23. The van der Waals surface area contributed by atoms with Crippen molar-refractivity contribution in [2.24, 2.45) is 0 Å². The van der Waals surface area contributed by atoms with Crippen LogP contribution in [-0.2, 0) is 4.79 Å². The fraction of sp³-hybridized carbons (Fsp3) is 0.143. The van der Waals surface area contributed by atoms with Gasteiger partial charge < -0.3 is 5.32 Å². The van der Waals surface area contributed by atoms with E-state index in [9.17, 15) is 10.1 Å². The number of benzene rings is 2. The van der Waals surface area contributed by atoms with E-state index in [2.05, 4.69) is 22.8 Å². The van der Waals surface area contributed by atoms with Gasteiger partial charge in [-0.05, 0) is 36.1 Å². The van der Waals surface area contributed by atoms with Gasteiger partial charge >= 0.3 is 0 Å². The number of thiophene rings is 1. The van der Waals surface area contributed by atoms with Crippen molar-refractivity contribution in [1.82, 2.24) is 5.32 Å². The van der Waals surface area contributed by atoms with Gasteiger partial charge in [0, 0.05) is 4.88 Å². The van der Waals surface area contributed by atoms with Crippen molar-refractivity contribution < 1.29 is 4.79 Å². The molecule has 0 bridgehead atoms. The molecule has 1 heterocycles. The van der Waals surface area contributed by atoms with Crippen LogP contribution in [0.25, 0.3) is 0 Å². The largest absolute Gasteiger partial charge is 0.324 e. The molecule has 5 heteroatoms. The van der Waals surface area contributed by atoms with Crippen molar-refractivity contribution in [2.45, 2.75) is 19.0 Å². The second-order valence-electron chi connectivity index (χ2n) is 5.89. The van der Waals surface area contributed by atoms with Gasteiger partial charge in [-0.15, -0.1) is 11.3 Å². The van der Waals surface area contributed by atoms with E-state index in [1.54, 1.807) is 35.6 Å². The molecule has 0 aliphatic heterocycles. The van der Waals surface area contributed by atoms with E-state index in [4.69, 9.17) is 0 Å². The van der Waals surface area contributed by atoms with E-state index in [1.807, 2.05) is 48.7 Å². The highest BCUT2D eigenvalue weighted by Crippen LogP contribution is 2.26. The van der Waals surface area contributed by atoms with Crippen LogP contribution in [0.4, 0.5) is 5.69 Å². The second-order valence-corrected chi connectivity index (χ2v) is 6.87. The number of carbonyl (C=O) groups is 1. The van der Waals surface area contributed by atoms with E-state index in [-0.39, 0.29) is 11.9 Å². The molecule has 2 aromatic carbocycles. The lowest BCUT2D eigenvalue weighted by molar-refractivity contribution is -0.117. The van der Waals surface area contributed by atoms with Crippen LogP contribution in [0.1, 0.15) is 29.0 Å². The maximum absolute atomic E-state index is 12.6. The number of rotatable bonds is 6. The van der Waals surface area contributed by atoms with Crippen molar-refractivity contribution in [2.75, 3.05) is 5.32 Å². The highest BCUT2D eigenvalue weighted by atomic mass is 32.1. The van der Waals surface area contributed by atoms with E-state index in [0.29, 0.717) is 11.3 Å². The number of nitrogens with zero attached hydrogens (tertiary/aromatic N) is 1.